The van der Waals surface area contributed by atoms with Crippen LogP contribution in [-0.2, 0) is 14.2 Å². The van der Waals surface area contributed by atoms with E-state index in [0.29, 0.717) is 44.9 Å². The van der Waals surface area contributed by atoms with Crippen LogP contribution in [0.5, 0.6) is 0 Å². The van der Waals surface area contributed by atoms with Crippen LogP contribution in [0.25, 0.3) is 0 Å². The highest BCUT2D eigenvalue weighted by Gasteiger charge is 2.26. The van der Waals surface area contributed by atoms with Crippen molar-refractivity contribution in [2.45, 2.75) is 25.4 Å². The number of rotatable bonds is 10. The van der Waals surface area contributed by atoms with Crippen LogP contribution >= 0.6 is 0 Å². The Bertz CT molecular complexity index is 203. The van der Waals surface area contributed by atoms with E-state index in [2.05, 4.69) is 0 Å². The van der Waals surface area contributed by atoms with Crippen LogP contribution in [0, 0.1) is 11.8 Å². The van der Waals surface area contributed by atoms with Crippen molar-refractivity contribution in [3.63, 3.8) is 0 Å². The third-order valence-electron chi connectivity index (χ3n) is 3.50. The molecule has 5 heteroatoms. The summed E-state index contributed by atoms with van der Waals surface area (Å²) in [5.74, 6) is 1.16. The molecule has 1 aliphatic rings. The predicted octanol–water partition coefficient (Wildman–Crippen LogP) is 0.402. The molecule has 0 aromatic heterocycles. The summed E-state index contributed by atoms with van der Waals surface area (Å²) in [6.07, 6.45) is 3.10. The van der Waals surface area contributed by atoms with Crippen LogP contribution < -0.4 is 5.73 Å². The summed E-state index contributed by atoms with van der Waals surface area (Å²) in [5.41, 5.74) is 5.71. The number of ether oxygens (including phenoxy) is 3. The predicted molar refractivity (Wildman–Crippen MR) is 69.4 cm³/mol. The highest BCUT2D eigenvalue weighted by molar-refractivity contribution is 4.77. The SMILES string of the molecule is COCCOCC(O)COCC1CCCC1CN. The van der Waals surface area contributed by atoms with Crippen molar-refractivity contribution < 1.29 is 19.3 Å². The number of aliphatic hydroxyl groups is 1. The molecule has 5 nitrogen and oxygen atoms in total. The number of nitrogens with two attached hydrogens (primary N) is 1. The second-order valence-electron chi connectivity index (χ2n) is 4.95. The maximum absolute atomic E-state index is 9.63. The van der Waals surface area contributed by atoms with E-state index < -0.39 is 6.10 Å². The Hall–Kier alpha value is -0.200. The first-order valence-corrected chi connectivity index (χ1v) is 6.80. The van der Waals surface area contributed by atoms with Crippen molar-refractivity contribution in [1.29, 1.82) is 0 Å². The van der Waals surface area contributed by atoms with Gasteiger partial charge < -0.3 is 25.1 Å². The normalized spacial score (nSPS) is 25.5. The molecule has 0 saturated heterocycles. The van der Waals surface area contributed by atoms with Gasteiger partial charge >= 0.3 is 0 Å². The zero-order valence-corrected chi connectivity index (χ0v) is 11.3. The molecule has 0 heterocycles. The second kappa shape index (κ2) is 9.69. The summed E-state index contributed by atoms with van der Waals surface area (Å²) < 4.78 is 15.6. The summed E-state index contributed by atoms with van der Waals surface area (Å²) in [6.45, 7) is 3.14. The molecule has 18 heavy (non-hydrogen) atoms. The Balaban J connectivity index is 1.99. The minimum Gasteiger partial charge on any atom is -0.388 e. The highest BCUT2D eigenvalue weighted by Crippen LogP contribution is 2.30. The van der Waals surface area contributed by atoms with E-state index in [4.69, 9.17) is 19.9 Å². The summed E-state index contributed by atoms with van der Waals surface area (Å²) in [7, 11) is 1.62. The molecule has 0 bridgehead atoms. The zero-order valence-electron chi connectivity index (χ0n) is 11.3. The maximum atomic E-state index is 9.63. The molecule has 108 valence electrons. The third kappa shape index (κ3) is 6.11. The van der Waals surface area contributed by atoms with Crippen molar-refractivity contribution in [2.24, 2.45) is 17.6 Å². The molecule has 0 radical (unpaired) electrons. The van der Waals surface area contributed by atoms with Gasteiger partial charge in [-0.2, -0.15) is 0 Å². The van der Waals surface area contributed by atoms with Crippen LogP contribution in [0.2, 0.25) is 0 Å². The number of hydrogen-bond donors (Lipinski definition) is 2. The number of methoxy groups -OCH3 is 1. The maximum Gasteiger partial charge on any atom is 0.101 e. The van der Waals surface area contributed by atoms with Crippen LogP contribution in [0.1, 0.15) is 19.3 Å². The minimum atomic E-state index is -0.556. The van der Waals surface area contributed by atoms with E-state index in [-0.39, 0.29) is 0 Å². The largest absolute Gasteiger partial charge is 0.388 e. The summed E-state index contributed by atoms with van der Waals surface area (Å²) in [4.78, 5) is 0. The van der Waals surface area contributed by atoms with Gasteiger partial charge in [0, 0.05) is 13.7 Å². The third-order valence-corrected chi connectivity index (χ3v) is 3.50. The van der Waals surface area contributed by atoms with E-state index in [1.54, 1.807) is 7.11 Å². The van der Waals surface area contributed by atoms with Crippen LogP contribution in [-0.4, -0.2) is 57.9 Å². The fourth-order valence-corrected chi connectivity index (χ4v) is 2.41. The van der Waals surface area contributed by atoms with Gasteiger partial charge in [-0.3, -0.25) is 0 Å². The molecule has 0 aromatic carbocycles. The number of hydrogen-bond acceptors (Lipinski definition) is 5. The van der Waals surface area contributed by atoms with E-state index in [1.165, 1.54) is 19.3 Å². The fourth-order valence-electron chi connectivity index (χ4n) is 2.41. The quantitative estimate of drug-likeness (QED) is 0.557. The molecular weight excluding hydrogens is 234 g/mol. The van der Waals surface area contributed by atoms with E-state index in [1.807, 2.05) is 0 Å². The lowest BCUT2D eigenvalue weighted by atomic mass is 9.97. The Morgan fingerprint density at radius 2 is 1.89 bits per heavy atom. The molecule has 3 N–H and O–H groups in total. The van der Waals surface area contributed by atoms with E-state index in [9.17, 15) is 5.11 Å². The van der Waals surface area contributed by atoms with Gasteiger partial charge in [-0.1, -0.05) is 6.42 Å². The molecule has 0 aromatic rings. The minimum absolute atomic E-state index is 0.300. The van der Waals surface area contributed by atoms with Crippen LogP contribution in [0.4, 0.5) is 0 Å². The summed E-state index contributed by atoms with van der Waals surface area (Å²) in [5, 5.41) is 9.63. The Morgan fingerprint density at radius 3 is 2.61 bits per heavy atom. The van der Waals surface area contributed by atoms with Gasteiger partial charge in [0.1, 0.15) is 6.10 Å². The van der Waals surface area contributed by atoms with Crippen LogP contribution in [0.15, 0.2) is 0 Å². The highest BCUT2D eigenvalue weighted by atomic mass is 16.5. The van der Waals surface area contributed by atoms with Gasteiger partial charge in [0.25, 0.3) is 0 Å². The molecule has 1 rings (SSSR count). The number of aliphatic hydroxyl groups excluding tert-OH is 1. The molecule has 1 aliphatic carbocycles. The molecule has 3 unspecified atom stereocenters. The lowest BCUT2D eigenvalue weighted by Crippen LogP contribution is -2.27. The topological polar surface area (TPSA) is 73.9 Å². The lowest BCUT2D eigenvalue weighted by molar-refractivity contribution is -0.0360. The van der Waals surface area contributed by atoms with Gasteiger partial charge in [0.2, 0.25) is 0 Å². The summed E-state index contributed by atoms with van der Waals surface area (Å²) >= 11 is 0. The Labute approximate surface area is 110 Å². The molecule has 0 aliphatic heterocycles. The Kier molecular flexibility index (Phi) is 8.54. The first-order chi connectivity index (χ1) is 8.77. The first-order valence-electron chi connectivity index (χ1n) is 6.80. The second-order valence-corrected chi connectivity index (χ2v) is 4.95. The smallest absolute Gasteiger partial charge is 0.101 e. The average molecular weight is 261 g/mol. The van der Waals surface area contributed by atoms with Gasteiger partial charge in [0.05, 0.1) is 26.4 Å². The molecule has 3 atom stereocenters. The van der Waals surface area contributed by atoms with Crippen LogP contribution in [0.3, 0.4) is 0 Å². The van der Waals surface area contributed by atoms with Crippen molar-refractivity contribution in [3.05, 3.63) is 0 Å². The molecular formula is C13H27NO4. The first kappa shape index (κ1) is 15.9. The monoisotopic (exact) mass is 261 g/mol. The van der Waals surface area contributed by atoms with E-state index in [0.717, 1.165) is 6.54 Å². The molecule has 0 amide bonds. The van der Waals surface area contributed by atoms with Crippen molar-refractivity contribution in [1.82, 2.24) is 0 Å². The van der Waals surface area contributed by atoms with E-state index >= 15 is 0 Å². The molecule has 1 fully saturated rings. The fraction of sp³-hybridized carbons (Fsp3) is 1.00. The molecule has 1 saturated carbocycles. The molecule has 0 spiro atoms. The summed E-state index contributed by atoms with van der Waals surface area (Å²) in [6, 6.07) is 0. The van der Waals surface area contributed by atoms with Gasteiger partial charge in [0.15, 0.2) is 0 Å². The zero-order chi connectivity index (χ0) is 13.2. The van der Waals surface area contributed by atoms with Gasteiger partial charge in [-0.05, 0) is 31.2 Å². The van der Waals surface area contributed by atoms with Gasteiger partial charge in [-0.15, -0.1) is 0 Å². The van der Waals surface area contributed by atoms with Crippen molar-refractivity contribution >= 4 is 0 Å². The Morgan fingerprint density at radius 1 is 1.17 bits per heavy atom. The van der Waals surface area contributed by atoms with Crippen molar-refractivity contribution in [2.75, 3.05) is 46.7 Å². The lowest BCUT2D eigenvalue weighted by Gasteiger charge is -2.19. The van der Waals surface area contributed by atoms with Crippen molar-refractivity contribution in [3.8, 4) is 0 Å². The standard InChI is InChI=1S/C13H27NO4/c1-16-5-6-17-9-13(15)10-18-8-12-4-2-3-11(12)7-14/h11-13,15H,2-10,14H2,1H3. The average Bonchev–Trinajstić information content (AvgIpc) is 2.82. The van der Waals surface area contributed by atoms with Gasteiger partial charge in [-0.25, -0.2) is 0 Å².